The van der Waals surface area contributed by atoms with Gasteiger partial charge in [0.25, 0.3) is 5.91 Å². The third-order valence-electron chi connectivity index (χ3n) is 9.40. The van der Waals surface area contributed by atoms with Gasteiger partial charge in [0, 0.05) is 29.9 Å². The molecule has 0 aromatic heterocycles. The van der Waals surface area contributed by atoms with Crippen LogP contribution in [0, 0.1) is 11.8 Å². The lowest BCUT2D eigenvalue weighted by atomic mass is 9.98. The summed E-state index contributed by atoms with van der Waals surface area (Å²) >= 11 is 0. The fourth-order valence-corrected chi connectivity index (χ4v) is 7.97. The number of anilines is 1. The summed E-state index contributed by atoms with van der Waals surface area (Å²) < 4.78 is 13.9. The lowest BCUT2D eigenvalue weighted by molar-refractivity contribution is -0.130. The summed E-state index contributed by atoms with van der Waals surface area (Å²) in [7, 11) is -4.23. The Labute approximate surface area is 312 Å². The molecule has 4 rings (SSSR count). The van der Waals surface area contributed by atoms with Crippen LogP contribution >= 0.6 is 7.37 Å². The van der Waals surface area contributed by atoms with E-state index in [2.05, 4.69) is 21.3 Å². The van der Waals surface area contributed by atoms with Gasteiger partial charge in [0.2, 0.25) is 31.0 Å². The number of likely N-dealkylation sites (tertiary alicyclic amines) is 1. The summed E-state index contributed by atoms with van der Waals surface area (Å²) in [6.07, 6.45) is 1.65. The summed E-state index contributed by atoms with van der Waals surface area (Å²) in [5.41, 5.74) is 1.99. The van der Waals surface area contributed by atoms with E-state index >= 15 is 0 Å². The van der Waals surface area contributed by atoms with Gasteiger partial charge in [0.15, 0.2) is 0 Å². The highest BCUT2D eigenvalue weighted by Gasteiger charge is 2.38. The van der Waals surface area contributed by atoms with E-state index in [1.54, 1.807) is 54.6 Å². The molecule has 0 radical (unpaired) electrons. The first kappa shape index (κ1) is 41.0. The molecule has 0 saturated carbocycles. The van der Waals surface area contributed by atoms with Gasteiger partial charge in [-0.3, -0.25) is 28.5 Å². The first-order valence-electron chi connectivity index (χ1n) is 18.2. The van der Waals surface area contributed by atoms with Crippen molar-refractivity contribution in [2.24, 2.45) is 11.8 Å². The lowest BCUT2D eigenvalue weighted by Gasteiger charge is -2.28. The smallest absolute Gasteiger partial charge is 0.254 e. The van der Waals surface area contributed by atoms with Crippen LogP contribution in [-0.4, -0.2) is 75.9 Å². The van der Waals surface area contributed by atoms with E-state index in [-0.39, 0.29) is 18.2 Å². The zero-order chi connectivity index (χ0) is 38.5. The molecule has 13 heteroatoms. The van der Waals surface area contributed by atoms with Crippen LogP contribution in [-0.2, 0) is 30.2 Å². The van der Waals surface area contributed by atoms with E-state index in [9.17, 15) is 33.4 Å². The van der Waals surface area contributed by atoms with Crippen LogP contribution < -0.4 is 21.3 Å². The molecule has 0 spiro atoms. The molecule has 5 amide bonds. The number of carbonyl (C=O) groups excluding carboxylic acids is 5. The maximum Gasteiger partial charge on any atom is 0.254 e. The molecule has 0 aliphatic carbocycles. The third kappa shape index (κ3) is 12.1. The highest BCUT2D eigenvalue weighted by atomic mass is 31.2. The van der Waals surface area contributed by atoms with Gasteiger partial charge < -0.3 is 31.1 Å². The van der Waals surface area contributed by atoms with E-state index in [0.717, 1.165) is 5.56 Å². The Morgan fingerprint density at radius 2 is 1.40 bits per heavy atom. The molecule has 3 aromatic carbocycles. The second-order valence-corrected chi connectivity index (χ2v) is 16.8. The van der Waals surface area contributed by atoms with Crippen molar-refractivity contribution in [3.63, 3.8) is 0 Å². The molecule has 5 N–H and O–H groups in total. The fraction of sp³-hybridized carbons (Fsp3) is 0.425. The highest BCUT2D eigenvalue weighted by molar-refractivity contribution is 7.58. The largest absolute Gasteiger partial charge is 0.344 e. The molecule has 6 atom stereocenters. The minimum Gasteiger partial charge on any atom is -0.344 e. The number of rotatable bonds is 17. The summed E-state index contributed by atoms with van der Waals surface area (Å²) in [5.74, 6) is -4.52. The van der Waals surface area contributed by atoms with Gasteiger partial charge in [-0.15, -0.1) is 0 Å². The van der Waals surface area contributed by atoms with Gasteiger partial charge in [-0.2, -0.15) is 0 Å². The third-order valence-corrected chi connectivity index (χ3v) is 11.7. The summed E-state index contributed by atoms with van der Waals surface area (Å²) in [4.78, 5) is 79.5. The standard InChI is InChI=1S/C40H52N5O7P/c1-27(2)25-34(38(48)43-33-19-12-7-13-20-33)44-37(47)32(23-22-30-15-8-5-9-16-30)26-53(51,52)29(4)42-36(46)28(3)41-39(49)35-21-14-24-45(35)40(50)31-17-10-6-11-18-31/h5-13,15-20,27-29,32,34-35H,14,21-26H2,1-4H3,(H,41,49)(H,42,46)(H,43,48)(H,44,47)(H,51,52)/t28-,29+,32?,34-,35?/m0/s1. The molecule has 12 nitrogen and oxygen atoms in total. The van der Waals surface area contributed by atoms with Crippen molar-refractivity contribution in [3.05, 3.63) is 102 Å². The minimum absolute atomic E-state index is 0.0624. The van der Waals surface area contributed by atoms with Crippen molar-refractivity contribution in [1.82, 2.24) is 20.9 Å². The van der Waals surface area contributed by atoms with Gasteiger partial charge in [0.1, 0.15) is 23.9 Å². The number of benzene rings is 3. The lowest BCUT2D eigenvalue weighted by Crippen LogP contribution is -2.53. The predicted molar refractivity (Wildman–Crippen MR) is 205 cm³/mol. The molecule has 1 aliphatic rings. The maximum atomic E-state index is 13.9. The number of hydrogen-bond acceptors (Lipinski definition) is 6. The van der Waals surface area contributed by atoms with E-state index < -0.39 is 67.0 Å². The molecule has 3 unspecified atom stereocenters. The van der Waals surface area contributed by atoms with Crippen molar-refractivity contribution >= 4 is 42.6 Å². The normalized spacial score (nSPS) is 17.5. The molecule has 284 valence electrons. The average molecular weight is 746 g/mol. The molecule has 53 heavy (non-hydrogen) atoms. The first-order valence-corrected chi connectivity index (χ1v) is 20.1. The topological polar surface area (TPSA) is 174 Å². The number of nitrogens with one attached hydrogen (secondary N) is 4. The molecule has 1 fully saturated rings. The van der Waals surface area contributed by atoms with Gasteiger partial charge in [-0.05, 0) is 81.7 Å². The molecule has 1 heterocycles. The second kappa shape index (κ2) is 19.3. The van der Waals surface area contributed by atoms with E-state index in [4.69, 9.17) is 0 Å². The Balaban J connectivity index is 1.41. The summed E-state index contributed by atoms with van der Waals surface area (Å²) in [6.45, 7) is 7.14. The quantitative estimate of drug-likeness (QED) is 0.122. The van der Waals surface area contributed by atoms with Gasteiger partial charge in [0.05, 0.1) is 0 Å². The summed E-state index contributed by atoms with van der Waals surface area (Å²) in [6, 6.07) is 24.3. The highest BCUT2D eigenvalue weighted by Crippen LogP contribution is 2.47. The molecule has 1 aliphatic heterocycles. The number of amides is 5. The predicted octanol–water partition coefficient (Wildman–Crippen LogP) is 4.95. The van der Waals surface area contributed by atoms with Gasteiger partial charge >= 0.3 is 0 Å². The number of nitrogens with zero attached hydrogens (tertiary/aromatic N) is 1. The zero-order valence-electron chi connectivity index (χ0n) is 30.9. The Morgan fingerprint density at radius 3 is 2.02 bits per heavy atom. The van der Waals surface area contributed by atoms with Crippen molar-refractivity contribution in [3.8, 4) is 0 Å². The molecule has 0 bridgehead atoms. The zero-order valence-corrected chi connectivity index (χ0v) is 31.8. The van der Waals surface area contributed by atoms with Crippen molar-refractivity contribution in [2.75, 3.05) is 18.0 Å². The van der Waals surface area contributed by atoms with Crippen LogP contribution in [0.25, 0.3) is 0 Å². The number of aryl methyl sites for hydroxylation is 1. The van der Waals surface area contributed by atoms with E-state index in [1.165, 1.54) is 18.7 Å². The van der Waals surface area contributed by atoms with E-state index in [1.807, 2.05) is 50.2 Å². The SMILES string of the molecule is CC(C)C[C@H](NC(=O)C(CCc1ccccc1)CP(=O)(O)[C@H](C)NC(=O)[C@H](C)NC(=O)C1CCCN1C(=O)c1ccccc1)C(=O)Nc1ccccc1. The molecular formula is C40H52N5O7P. The van der Waals surface area contributed by atoms with Crippen LogP contribution in [0.4, 0.5) is 5.69 Å². The summed E-state index contributed by atoms with van der Waals surface area (Å²) in [5, 5.41) is 10.9. The van der Waals surface area contributed by atoms with Crippen LogP contribution in [0.1, 0.15) is 69.3 Å². The minimum atomic E-state index is -4.23. The van der Waals surface area contributed by atoms with Crippen LogP contribution in [0.15, 0.2) is 91.0 Å². The van der Waals surface area contributed by atoms with Crippen molar-refractivity contribution in [1.29, 1.82) is 0 Å². The maximum absolute atomic E-state index is 13.9. The molecule has 1 saturated heterocycles. The number of carbonyl (C=O) groups is 5. The Bertz CT molecular complexity index is 1740. The first-order chi connectivity index (χ1) is 25.2. The van der Waals surface area contributed by atoms with Crippen molar-refractivity contribution < 1.29 is 33.4 Å². The Morgan fingerprint density at radius 1 is 0.792 bits per heavy atom. The molecule has 3 aromatic rings. The van der Waals surface area contributed by atoms with Crippen LogP contribution in [0.5, 0.6) is 0 Å². The van der Waals surface area contributed by atoms with Crippen LogP contribution in [0.3, 0.4) is 0 Å². The molecular weight excluding hydrogens is 693 g/mol. The fourth-order valence-electron chi connectivity index (χ4n) is 6.34. The van der Waals surface area contributed by atoms with Gasteiger partial charge in [-0.1, -0.05) is 80.6 Å². The van der Waals surface area contributed by atoms with Crippen LogP contribution in [0.2, 0.25) is 0 Å². The Hall–Kier alpha value is -4.80. The number of hydrogen-bond donors (Lipinski definition) is 5. The second-order valence-electron chi connectivity index (χ2n) is 14.1. The Kier molecular flexibility index (Phi) is 14.9. The van der Waals surface area contributed by atoms with E-state index in [0.29, 0.717) is 43.5 Å². The average Bonchev–Trinajstić information content (AvgIpc) is 3.64. The monoisotopic (exact) mass is 745 g/mol. The van der Waals surface area contributed by atoms with Gasteiger partial charge in [-0.25, -0.2) is 0 Å². The number of para-hydroxylation sites is 1. The van der Waals surface area contributed by atoms with Crippen molar-refractivity contribution in [2.45, 2.75) is 83.7 Å².